The molecule has 0 aromatic carbocycles. The van der Waals surface area contributed by atoms with Gasteiger partial charge in [0.25, 0.3) is 5.91 Å². The van der Waals surface area contributed by atoms with Crippen molar-refractivity contribution in [2.45, 2.75) is 25.7 Å². The van der Waals surface area contributed by atoms with Crippen LogP contribution in [0.25, 0.3) is 0 Å². The van der Waals surface area contributed by atoms with Gasteiger partial charge in [-0.1, -0.05) is 0 Å². The van der Waals surface area contributed by atoms with Crippen molar-refractivity contribution < 1.29 is 9.53 Å². The molecule has 1 N–H and O–H groups in total. The van der Waals surface area contributed by atoms with Crippen LogP contribution in [0, 0.1) is 0 Å². The normalized spacial score (nSPS) is 15.2. The van der Waals surface area contributed by atoms with Crippen LogP contribution in [0.2, 0.25) is 0 Å². The van der Waals surface area contributed by atoms with Crippen molar-refractivity contribution in [3.8, 4) is 0 Å². The first-order valence-electron chi connectivity index (χ1n) is 7.15. The highest BCUT2D eigenvalue weighted by Crippen LogP contribution is 2.16. The molecule has 110 valence electrons. The fraction of sp³-hybridized carbons (Fsp3) is 0.643. The van der Waals surface area contributed by atoms with Gasteiger partial charge in [-0.25, -0.2) is 9.97 Å². The fourth-order valence-electron chi connectivity index (χ4n) is 2.23. The Balaban J connectivity index is 1.85. The molecule has 0 atom stereocenters. The summed E-state index contributed by atoms with van der Waals surface area (Å²) < 4.78 is 4.93. The Morgan fingerprint density at radius 2 is 2.10 bits per heavy atom. The Hall–Kier alpha value is -1.69. The second-order valence-corrected chi connectivity index (χ2v) is 4.91. The molecular formula is C14H22N4O2. The molecule has 0 radical (unpaired) electrons. The minimum absolute atomic E-state index is 0.182. The molecule has 0 bridgehead atoms. The van der Waals surface area contributed by atoms with Crippen LogP contribution in [0.3, 0.4) is 0 Å². The molecule has 1 aromatic heterocycles. The molecule has 20 heavy (non-hydrogen) atoms. The van der Waals surface area contributed by atoms with Gasteiger partial charge in [0.1, 0.15) is 11.5 Å². The van der Waals surface area contributed by atoms with Crippen molar-refractivity contribution in [1.29, 1.82) is 0 Å². The van der Waals surface area contributed by atoms with E-state index in [4.69, 9.17) is 4.74 Å². The van der Waals surface area contributed by atoms with Crippen LogP contribution < -0.4 is 10.2 Å². The predicted molar refractivity (Wildman–Crippen MR) is 76.9 cm³/mol. The minimum atomic E-state index is -0.182. The van der Waals surface area contributed by atoms with Gasteiger partial charge in [0.15, 0.2) is 0 Å². The first-order valence-corrected chi connectivity index (χ1v) is 7.15. The molecular weight excluding hydrogens is 256 g/mol. The topological polar surface area (TPSA) is 67.3 Å². The van der Waals surface area contributed by atoms with Crippen molar-refractivity contribution in [2.75, 3.05) is 38.3 Å². The number of carbonyl (C=O) groups excluding carboxylic acids is 1. The van der Waals surface area contributed by atoms with Gasteiger partial charge in [0, 0.05) is 33.4 Å². The van der Waals surface area contributed by atoms with Gasteiger partial charge >= 0.3 is 0 Å². The first-order chi connectivity index (χ1) is 9.81. The van der Waals surface area contributed by atoms with Gasteiger partial charge in [0.2, 0.25) is 0 Å². The Bertz CT molecular complexity index is 416. The number of amides is 1. The van der Waals surface area contributed by atoms with Crippen molar-refractivity contribution in [1.82, 2.24) is 15.3 Å². The number of piperidine rings is 1. The molecule has 1 saturated heterocycles. The van der Waals surface area contributed by atoms with E-state index in [2.05, 4.69) is 20.2 Å². The highest BCUT2D eigenvalue weighted by molar-refractivity contribution is 5.91. The van der Waals surface area contributed by atoms with Crippen LogP contribution in [-0.2, 0) is 4.74 Å². The van der Waals surface area contributed by atoms with E-state index in [1.807, 2.05) is 0 Å². The van der Waals surface area contributed by atoms with E-state index < -0.39 is 0 Å². The largest absolute Gasteiger partial charge is 0.385 e. The maximum absolute atomic E-state index is 11.8. The summed E-state index contributed by atoms with van der Waals surface area (Å²) in [4.78, 5) is 22.6. The van der Waals surface area contributed by atoms with Crippen LogP contribution in [0.4, 0.5) is 5.82 Å². The van der Waals surface area contributed by atoms with Gasteiger partial charge < -0.3 is 15.0 Å². The lowest BCUT2D eigenvalue weighted by molar-refractivity contribution is 0.0943. The summed E-state index contributed by atoms with van der Waals surface area (Å²) >= 11 is 0. The number of hydrogen-bond acceptors (Lipinski definition) is 5. The number of anilines is 1. The Kier molecular flexibility index (Phi) is 5.73. The van der Waals surface area contributed by atoms with Crippen molar-refractivity contribution in [2.24, 2.45) is 0 Å². The summed E-state index contributed by atoms with van der Waals surface area (Å²) in [5.74, 6) is 0.680. The number of methoxy groups -OCH3 is 1. The number of hydrogen-bond donors (Lipinski definition) is 1. The van der Waals surface area contributed by atoms with Crippen LogP contribution >= 0.6 is 0 Å². The summed E-state index contributed by atoms with van der Waals surface area (Å²) in [5, 5.41) is 2.80. The van der Waals surface area contributed by atoms with Crippen LogP contribution in [0.1, 0.15) is 36.2 Å². The highest BCUT2D eigenvalue weighted by Gasteiger charge is 2.13. The van der Waals surface area contributed by atoms with Gasteiger partial charge in [-0.05, 0) is 25.7 Å². The number of ether oxygens (including phenoxy) is 1. The first kappa shape index (κ1) is 14.7. The van der Waals surface area contributed by atoms with E-state index in [0.29, 0.717) is 18.8 Å². The molecule has 6 nitrogen and oxygen atoms in total. The van der Waals surface area contributed by atoms with Crippen molar-refractivity contribution >= 4 is 11.7 Å². The Labute approximate surface area is 119 Å². The molecule has 0 unspecified atom stereocenters. The summed E-state index contributed by atoms with van der Waals surface area (Å²) in [6.07, 6.45) is 7.71. The zero-order valence-corrected chi connectivity index (χ0v) is 12.0. The third-order valence-electron chi connectivity index (χ3n) is 3.36. The van der Waals surface area contributed by atoms with Crippen LogP contribution in [0.15, 0.2) is 12.4 Å². The molecule has 1 aliphatic heterocycles. The van der Waals surface area contributed by atoms with E-state index in [1.54, 1.807) is 19.5 Å². The number of carbonyl (C=O) groups is 1. The molecule has 0 spiro atoms. The van der Waals surface area contributed by atoms with E-state index in [0.717, 1.165) is 25.3 Å². The maximum atomic E-state index is 11.8. The lowest BCUT2D eigenvalue weighted by Crippen LogP contribution is -2.31. The molecule has 1 fully saturated rings. The second kappa shape index (κ2) is 7.79. The van der Waals surface area contributed by atoms with Crippen LogP contribution in [0.5, 0.6) is 0 Å². The second-order valence-electron chi connectivity index (χ2n) is 4.91. The standard InChI is InChI=1S/C14H22N4O2/c1-20-9-5-6-15-14(19)12-10-17-13(11-16-12)18-7-3-2-4-8-18/h10-11H,2-9H2,1H3,(H,15,19). The molecule has 0 aliphatic carbocycles. The zero-order valence-electron chi connectivity index (χ0n) is 12.0. The third-order valence-corrected chi connectivity index (χ3v) is 3.36. The Morgan fingerprint density at radius 1 is 1.30 bits per heavy atom. The lowest BCUT2D eigenvalue weighted by atomic mass is 10.1. The smallest absolute Gasteiger partial charge is 0.271 e. The summed E-state index contributed by atoms with van der Waals surface area (Å²) in [7, 11) is 1.65. The molecule has 0 saturated carbocycles. The molecule has 1 aromatic rings. The quantitative estimate of drug-likeness (QED) is 0.793. The number of aromatic nitrogens is 2. The highest BCUT2D eigenvalue weighted by atomic mass is 16.5. The lowest BCUT2D eigenvalue weighted by Gasteiger charge is -2.27. The molecule has 2 rings (SSSR count). The molecule has 1 aliphatic rings. The average Bonchev–Trinajstić information content (AvgIpc) is 2.52. The predicted octanol–water partition coefficient (Wildman–Crippen LogP) is 1.23. The summed E-state index contributed by atoms with van der Waals surface area (Å²) in [6, 6.07) is 0. The zero-order chi connectivity index (χ0) is 14.2. The van der Waals surface area contributed by atoms with Gasteiger partial charge in [0.05, 0.1) is 12.4 Å². The van der Waals surface area contributed by atoms with E-state index in [-0.39, 0.29) is 5.91 Å². The average molecular weight is 278 g/mol. The van der Waals surface area contributed by atoms with Gasteiger partial charge in [-0.3, -0.25) is 4.79 Å². The van der Waals surface area contributed by atoms with E-state index >= 15 is 0 Å². The third kappa shape index (κ3) is 4.16. The summed E-state index contributed by atoms with van der Waals surface area (Å²) in [6.45, 7) is 3.27. The number of nitrogens with one attached hydrogen (secondary N) is 1. The number of nitrogens with zero attached hydrogens (tertiary/aromatic N) is 3. The van der Waals surface area contributed by atoms with Gasteiger partial charge in [-0.15, -0.1) is 0 Å². The fourth-order valence-corrected chi connectivity index (χ4v) is 2.23. The molecule has 1 amide bonds. The van der Waals surface area contributed by atoms with E-state index in [1.165, 1.54) is 19.3 Å². The maximum Gasteiger partial charge on any atom is 0.271 e. The molecule has 2 heterocycles. The van der Waals surface area contributed by atoms with Gasteiger partial charge in [-0.2, -0.15) is 0 Å². The van der Waals surface area contributed by atoms with Crippen molar-refractivity contribution in [3.05, 3.63) is 18.1 Å². The van der Waals surface area contributed by atoms with E-state index in [9.17, 15) is 4.79 Å². The monoisotopic (exact) mass is 278 g/mol. The Morgan fingerprint density at radius 3 is 2.75 bits per heavy atom. The molecule has 6 heteroatoms. The minimum Gasteiger partial charge on any atom is -0.385 e. The van der Waals surface area contributed by atoms with Crippen LogP contribution in [-0.4, -0.2) is 49.2 Å². The SMILES string of the molecule is COCCCNC(=O)c1cnc(N2CCCCC2)cn1. The summed E-state index contributed by atoms with van der Waals surface area (Å²) in [5.41, 5.74) is 0.364. The van der Waals surface area contributed by atoms with Crippen molar-refractivity contribution in [3.63, 3.8) is 0 Å². The number of rotatable bonds is 6.